The van der Waals surface area contributed by atoms with Crippen molar-refractivity contribution in [2.75, 3.05) is 0 Å². The van der Waals surface area contributed by atoms with Crippen LogP contribution in [0.25, 0.3) is 0 Å². The van der Waals surface area contributed by atoms with Crippen molar-refractivity contribution in [1.29, 1.82) is 0 Å². The molecule has 0 saturated carbocycles. The van der Waals surface area contributed by atoms with Crippen LogP contribution in [0.2, 0.25) is 0 Å². The van der Waals surface area contributed by atoms with Crippen molar-refractivity contribution in [3.63, 3.8) is 0 Å². The largest absolute Gasteiger partial charge is 2.00 e. The molecular weight excluding hydrogens is 304 g/mol. The van der Waals surface area contributed by atoms with Crippen LogP contribution in [0.15, 0.2) is 0 Å². The molecule has 0 radical (unpaired) electrons. The molecule has 0 aromatic rings. The van der Waals surface area contributed by atoms with Gasteiger partial charge in [-0.15, -0.1) is 0 Å². The Bertz CT molecular complexity index is 73.7. The number of hydrogen-bond donors (Lipinski definition) is 0. The van der Waals surface area contributed by atoms with Gasteiger partial charge in [0.15, 0.2) is 0 Å². The smallest absolute Gasteiger partial charge is 2.00 e. The van der Waals surface area contributed by atoms with Crippen LogP contribution in [0.3, 0.4) is 0 Å². The summed E-state index contributed by atoms with van der Waals surface area (Å²) in [6, 6.07) is 0. The van der Waals surface area contributed by atoms with Crippen LogP contribution in [0.4, 0.5) is 0 Å². The number of rotatable bonds is 0. The van der Waals surface area contributed by atoms with Crippen LogP contribution in [-0.2, 0) is 43.9 Å². The van der Waals surface area contributed by atoms with Crippen molar-refractivity contribution in [3.05, 3.63) is 0 Å². The second-order valence-electron chi connectivity index (χ2n) is 0.500. The first-order chi connectivity index (χ1) is 3.46. The van der Waals surface area contributed by atoms with E-state index in [0.29, 0.717) is 0 Å². The van der Waals surface area contributed by atoms with Gasteiger partial charge in [0.2, 0.25) is 0 Å². The molecule has 6 nitrogen and oxygen atoms in total. The molecule has 0 spiro atoms. The SMILES string of the molecule is [Mg+2].[O]=[Ti]([O-])[O-].[O]=[Ti]([O-])[O-].[Sr+2]. The molecule has 0 N–H and O–H groups in total. The van der Waals surface area contributed by atoms with E-state index >= 15 is 0 Å². The Kier molecular flexibility index (Phi) is 41.7. The molecule has 10 heavy (non-hydrogen) atoms. The first-order valence-corrected chi connectivity index (χ1v) is 5.05. The number of hydrogen-bond acceptors (Lipinski definition) is 6. The summed E-state index contributed by atoms with van der Waals surface area (Å²) < 4.78 is 51.5. The van der Waals surface area contributed by atoms with Gasteiger partial charge in [0.25, 0.3) is 0 Å². The average Bonchev–Trinajstić information content (AvgIpc) is 1.25. The Morgan fingerprint density at radius 2 is 0.800 bits per heavy atom. The van der Waals surface area contributed by atoms with E-state index in [9.17, 15) is 0 Å². The van der Waals surface area contributed by atoms with E-state index < -0.39 is 37.2 Å². The van der Waals surface area contributed by atoms with E-state index in [2.05, 4.69) is 0 Å². The molecule has 0 fully saturated rings. The fourth-order valence-corrected chi connectivity index (χ4v) is 0. The molecule has 0 aliphatic carbocycles. The molecule has 0 aromatic carbocycles. The summed E-state index contributed by atoms with van der Waals surface area (Å²) in [5.41, 5.74) is 0. The zero-order chi connectivity index (χ0) is 7.15. The van der Waals surface area contributed by atoms with Crippen LogP contribution >= 0.6 is 0 Å². The quantitative estimate of drug-likeness (QED) is 0.410. The molecule has 0 aliphatic rings. The zero-order valence-electron chi connectivity index (χ0n) is 4.86. The third kappa shape index (κ3) is 117. The summed E-state index contributed by atoms with van der Waals surface area (Å²) in [6.45, 7) is 0. The Labute approximate surface area is 124 Å². The van der Waals surface area contributed by atoms with E-state index in [1.54, 1.807) is 0 Å². The van der Waals surface area contributed by atoms with Gasteiger partial charge in [0.1, 0.15) is 0 Å². The Hall–Kier alpha value is 3.12. The second kappa shape index (κ2) is 18.0. The van der Waals surface area contributed by atoms with Crippen molar-refractivity contribution >= 4 is 68.5 Å². The predicted octanol–water partition coefficient (Wildman–Crippen LogP) is -5.76. The molecule has 0 aliphatic heterocycles. The topological polar surface area (TPSA) is 126 Å². The van der Waals surface area contributed by atoms with E-state index in [-0.39, 0.29) is 68.5 Å². The third-order valence-corrected chi connectivity index (χ3v) is 0. The van der Waals surface area contributed by atoms with Crippen LogP contribution in [0.1, 0.15) is 0 Å². The van der Waals surface area contributed by atoms with E-state index in [1.807, 2.05) is 0 Å². The van der Waals surface area contributed by atoms with Gasteiger partial charge >= 0.3 is 127 Å². The molecule has 0 bridgehead atoms. The van der Waals surface area contributed by atoms with Gasteiger partial charge in [-0.3, -0.25) is 0 Å². The van der Waals surface area contributed by atoms with Crippen LogP contribution in [0.5, 0.6) is 0 Å². The maximum absolute atomic E-state index is 8.58. The molecular formula is MgO6SrTi2. The standard InChI is InChI=1S/Mg.6O.Sr.2Ti/q+2;;;4*-1;+2;;. The van der Waals surface area contributed by atoms with Gasteiger partial charge in [-0.05, 0) is 0 Å². The summed E-state index contributed by atoms with van der Waals surface area (Å²) in [6.07, 6.45) is 0. The maximum atomic E-state index is 8.58. The summed E-state index contributed by atoms with van der Waals surface area (Å²) >= 11 is -8.17. The average molecular weight is 304 g/mol. The Morgan fingerprint density at radius 3 is 0.800 bits per heavy atom. The first-order valence-electron chi connectivity index (χ1n) is 1.22. The molecule has 0 rings (SSSR count). The molecule has 0 heterocycles. The van der Waals surface area contributed by atoms with Gasteiger partial charge in [-0.25, -0.2) is 0 Å². The summed E-state index contributed by atoms with van der Waals surface area (Å²) in [7, 11) is 0. The van der Waals surface area contributed by atoms with Crippen molar-refractivity contribution in [2.24, 2.45) is 0 Å². The fraction of sp³-hybridized carbons (Fsp3) is 0. The molecule has 0 unspecified atom stereocenters. The maximum Gasteiger partial charge on any atom is 2.00 e. The van der Waals surface area contributed by atoms with Crippen molar-refractivity contribution in [2.45, 2.75) is 0 Å². The van der Waals surface area contributed by atoms with Crippen LogP contribution in [-0.4, -0.2) is 68.5 Å². The van der Waals surface area contributed by atoms with E-state index in [4.69, 9.17) is 21.4 Å². The van der Waals surface area contributed by atoms with Crippen LogP contribution in [0, 0.1) is 0 Å². The normalized spacial score (nSPS) is 5.20. The predicted molar refractivity (Wildman–Crippen MR) is 12.9 cm³/mol. The van der Waals surface area contributed by atoms with Gasteiger partial charge < -0.3 is 0 Å². The molecule has 0 aromatic heterocycles. The third-order valence-electron chi connectivity index (χ3n) is 0. The fourth-order valence-electron chi connectivity index (χ4n) is 0. The molecule has 10 heteroatoms. The first kappa shape index (κ1) is 23.2. The minimum atomic E-state index is -4.08. The summed E-state index contributed by atoms with van der Waals surface area (Å²) in [5, 5.41) is 0. The monoisotopic (exact) mass is 304 g/mol. The Balaban J connectivity index is -0.0000000300. The van der Waals surface area contributed by atoms with Crippen molar-refractivity contribution < 1.29 is 58.6 Å². The minimum absolute atomic E-state index is 0. The summed E-state index contributed by atoms with van der Waals surface area (Å²) in [5.74, 6) is 0. The molecule has 0 saturated heterocycles. The van der Waals surface area contributed by atoms with Gasteiger partial charge in [0.05, 0.1) is 0 Å². The molecule has 0 amide bonds. The second-order valence-corrected chi connectivity index (χ2v) is 2.06. The van der Waals surface area contributed by atoms with Crippen molar-refractivity contribution in [3.8, 4) is 0 Å². The molecule has 0 atom stereocenters. The van der Waals surface area contributed by atoms with E-state index in [0.717, 1.165) is 0 Å². The minimum Gasteiger partial charge on any atom is 2.00 e. The summed E-state index contributed by atoms with van der Waals surface area (Å²) in [4.78, 5) is 0. The van der Waals surface area contributed by atoms with Gasteiger partial charge in [-0.2, -0.15) is 0 Å². The van der Waals surface area contributed by atoms with Gasteiger partial charge in [0, 0.05) is 0 Å². The molecule has 48 valence electrons. The zero-order valence-corrected chi connectivity index (χ0v) is 12.9. The van der Waals surface area contributed by atoms with Crippen LogP contribution < -0.4 is 14.8 Å². The van der Waals surface area contributed by atoms with Crippen molar-refractivity contribution in [1.82, 2.24) is 0 Å². The Morgan fingerprint density at radius 1 is 0.800 bits per heavy atom. The van der Waals surface area contributed by atoms with E-state index in [1.165, 1.54) is 0 Å². The van der Waals surface area contributed by atoms with Gasteiger partial charge in [-0.1, -0.05) is 0 Å².